The summed E-state index contributed by atoms with van der Waals surface area (Å²) in [5, 5.41) is 10.1. The maximum atomic E-state index is 10.1. The summed E-state index contributed by atoms with van der Waals surface area (Å²) < 4.78 is 5.29. The van der Waals surface area contributed by atoms with Crippen LogP contribution in [0.15, 0.2) is 18.2 Å². The van der Waals surface area contributed by atoms with Crippen LogP contribution in [0, 0.1) is 12.8 Å². The van der Waals surface area contributed by atoms with Crippen molar-refractivity contribution in [2.45, 2.75) is 39.7 Å². The van der Waals surface area contributed by atoms with Gasteiger partial charge < -0.3 is 9.84 Å². The molecule has 0 bridgehead atoms. The maximum Gasteiger partial charge on any atom is 0.124 e. The van der Waals surface area contributed by atoms with E-state index in [0.717, 1.165) is 29.7 Å². The predicted molar refractivity (Wildman–Crippen MR) is 66.8 cm³/mol. The highest BCUT2D eigenvalue weighted by atomic mass is 16.5. The Morgan fingerprint density at radius 3 is 2.50 bits per heavy atom. The Kier molecular flexibility index (Phi) is 4.81. The Labute approximate surface area is 98.3 Å². The van der Waals surface area contributed by atoms with Gasteiger partial charge in [0.1, 0.15) is 5.75 Å². The minimum absolute atomic E-state index is 0.419. The lowest BCUT2D eigenvalue weighted by Gasteiger charge is -2.16. The minimum atomic E-state index is -0.419. The van der Waals surface area contributed by atoms with Gasteiger partial charge in [-0.3, -0.25) is 0 Å². The fourth-order valence-corrected chi connectivity index (χ4v) is 1.74. The lowest BCUT2D eigenvalue weighted by atomic mass is 9.98. The van der Waals surface area contributed by atoms with Gasteiger partial charge in [0.2, 0.25) is 0 Å². The topological polar surface area (TPSA) is 29.5 Å². The molecule has 1 unspecified atom stereocenters. The fraction of sp³-hybridized carbons (Fsp3) is 0.571. The minimum Gasteiger partial charge on any atom is -0.496 e. The van der Waals surface area contributed by atoms with Gasteiger partial charge in [-0.05, 0) is 37.3 Å². The van der Waals surface area contributed by atoms with E-state index in [1.54, 1.807) is 7.11 Å². The molecule has 0 radical (unpaired) electrons. The molecule has 1 N–H and O–H groups in total. The first-order valence-electron chi connectivity index (χ1n) is 5.87. The zero-order valence-electron chi connectivity index (χ0n) is 10.7. The summed E-state index contributed by atoms with van der Waals surface area (Å²) in [6.07, 6.45) is 1.40. The van der Waals surface area contributed by atoms with Crippen molar-refractivity contribution in [3.8, 4) is 5.75 Å². The van der Waals surface area contributed by atoms with Crippen LogP contribution in [0.3, 0.4) is 0 Å². The predicted octanol–water partition coefficient (Wildman–Crippen LogP) is 3.47. The second-order valence-corrected chi connectivity index (χ2v) is 4.73. The van der Waals surface area contributed by atoms with Crippen molar-refractivity contribution in [2.24, 2.45) is 5.92 Å². The number of aliphatic hydroxyl groups excluding tert-OH is 1. The Balaban J connectivity index is 2.77. The average Bonchev–Trinajstić information content (AvgIpc) is 2.25. The first kappa shape index (κ1) is 13.0. The first-order chi connectivity index (χ1) is 7.54. The van der Waals surface area contributed by atoms with Gasteiger partial charge in [0.25, 0.3) is 0 Å². The molecule has 90 valence electrons. The largest absolute Gasteiger partial charge is 0.496 e. The fourth-order valence-electron chi connectivity index (χ4n) is 1.74. The Morgan fingerprint density at radius 1 is 1.25 bits per heavy atom. The number of rotatable bonds is 5. The van der Waals surface area contributed by atoms with E-state index in [1.807, 2.05) is 25.1 Å². The van der Waals surface area contributed by atoms with Crippen molar-refractivity contribution < 1.29 is 9.84 Å². The molecule has 1 atom stereocenters. The summed E-state index contributed by atoms with van der Waals surface area (Å²) in [5.74, 6) is 1.40. The van der Waals surface area contributed by atoms with E-state index in [9.17, 15) is 5.11 Å². The average molecular weight is 222 g/mol. The van der Waals surface area contributed by atoms with Crippen LogP contribution in [0.1, 0.15) is 43.9 Å². The molecule has 0 heterocycles. The molecule has 1 aromatic rings. The standard InChI is InChI=1S/C14H22O2/c1-10(2)5-8-13(15)12-7-6-11(3)9-14(12)16-4/h6-7,9-10,13,15H,5,8H2,1-4H3. The molecule has 0 fully saturated rings. The highest BCUT2D eigenvalue weighted by Gasteiger charge is 2.13. The molecule has 0 aliphatic rings. The van der Waals surface area contributed by atoms with Crippen molar-refractivity contribution in [1.82, 2.24) is 0 Å². The number of benzene rings is 1. The Morgan fingerprint density at radius 2 is 1.94 bits per heavy atom. The first-order valence-corrected chi connectivity index (χ1v) is 5.87. The molecule has 0 saturated carbocycles. The number of aliphatic hydroxyl groups is 1. The van der Waals surface area contributed by atoms with E-state index in [-0.39, 0.29) is 0 Å². The highest BCUT2D eigenvalue weighted by molar-refractivity contribution is 5.38. The van der Waals surface area contributed by atoms with Crippen LogP contribution in [-0.4, -0.2) is 12.2 Å². The van der Waals surface area contributed by atoms with Crippen LogP contribution < -0.4 is 4.74 Å². The van der Waals surface area contributed by atoms with E-state index >= 15 is 0 Å². The molecule has 0 aromatic heterocycles. The Hall–Kier alpha value is -1.02. The van der Waals surface area contributed by atoms with Crippen LogP contribution in [0.25, 0.3) is 0 Å². The van der Waals surface area contributed by atoms with Crippen molar-refractivity contribution in [3.63, 3.8) is 0 Å². The van der Waals surface area contributed by atoms with Crippen LogP contribution in [0.4, 0.5) is 0 Å². The van der Waals surface area contributed by atoms with E-state index in [1.165, 1.54) is 0 Å². The molecule has 2 heteroatoms. The molecular formula is C14H22O2. The van der Waals surface area contributed by atoms with Crippen molar-refractivity contribution in [1.29, 1.82) is 0 Å². The van der Waals surface area contributed by atoms with Crippen molar-refractivity contribution in [2.75, 3.05) is 7.11 Å². The molecule has 0 aliphatic carbocycles. The van der Waals surface area contributed by atoms with Gasteiger partial charge in [-0.15, -0.1) is 0 Å². The van der Waals surface area contributed by atoms with Gasteiger partial charge in [0, 0.05) is 5.56 Å². The summed E-state index contributed by atoms with van der Waals surface area (Å²) in [7, 11) is 1.65. The highest BCUT2D eigenvalue weighted by Crippen LogP contribution is 2.29. The number of ether oxygens (including phenoxy) is 1. The van der Waals surface area contributed by atoms with Gasteiger partial charge in [0.05, 0.1) is 13.2 Å². The molecule has 1 rings (SSSR count). The molecule has 0 saturated heterocycles. The third kappa shape index (κ3) is 3.53. The van der Waals surface area contributed by atoms with Gasteiger partial charge in [0.15, 0.2) is 0 Å². The number of hydrogen-bond acceptors (Lipinski definition) is 2. The third-order valence-corrected chi connectivity index (χ3v) is 2.77. The SMILES string of the molecule is COc1cc(C)ccc1C(O)CCC(C)C. The summed E-state index contributed by atoms with van der Waals surface area (Å²) in [4.78, 5) is 0. The quantitative estimate of drug-likeness (QED) is 0.826. The molecule has 2 nitrogen and oxygen atoms in total. The zero-order valence-corrected chi connectivity index (χ0v) is 10.7. The zero-order chi connectivity index (χ0) is 12.1. The van der Waals surface area contributed by atoms with Gasteiger partial charge in [-0.1, -0.05) is 26.0 Å². The summed E-state index contributed by atoms with van der Waals surface area (Å²) >= 11 is 0. The third-order valence-electron chi connectivity index (χ3n) is 2.77. The lowest BCUT2D eigenvalue weighted by Crippen LogP contribution is -2.02. The Bertz CT molecular complexity index is 332. The summed E-state index contributed by atoms with van der Waals surface area (Å²) in [5.41, 5.74) is 2.05. The van der Waals surface area contributed by atoms with E-state index in [4.69, 9.17) is 4.74 Å². The van der Waals surface area contributed by atoms with E-state index < -0.39 is 6.10 Å². The second kappa shape index (κ2) is 5.90. The second-order valence-electron chi connectivity index (χ2n) is 4.73. The van der Waals surface area contributed by atoms with Gasteiger partial charge in [-0.2, -0.15) is 0 Å². The monoisotopic (exact) mass is 222 g/mol. The van der Waals surface area contributed by atoms with Crippen molar-refractivity contribution in [3.05, 3.63) is 29.3 Å². The molecule has 16 heavy (non-hydrogen) atoms. The van der Waals surface area contributed by atoms with Crippen molar-refractivity contribution >= 4 is 0 Å². The van der Waals surface area contributed by atoms with Crippen LogP contribution >= 0.6 is 0 Å². The summed E-state index contributed by atoms with van der Waals surface area (Å²) in [6.45, 7) is 6.35. The lowest BCUT2D eigenvalue weighted by molar-refractivity contribution is 0.155. The van der Waals surface area contributed by atoms with E-state index in [2.05, 4.69) is 13.8 Å². The summed E-state index contributed by atoms with van der Waals surface area (Å²) in [6, 6.07) is 5.93. The van der Waals surface area contributed by atoms with Crippen LogP contribution in [0.5, 0.6) is 5.75 Å². The van der Waals surface area contributed by atoms with Gasteiger partial charge >= 0.3 is 0 Å². The molecular weight excluding hydrogens is 200 g/mol. The molecule has 0 aliphatic heterocycles. The number of hydrogen-bond donors (Lipinski definition) is 1. The normalized spacial score (nSPS) is 12.9. The number of methoxy groups -OCH3 is 1. The maximum absolute atomic E-state index is 10.1. The van der Waals surface area contributed by atoms with Crippen LogP contribution in [0.2, 0.25) is 0 Å². The number of aryl methyl sites for hydroxylation is 1. The van der Waals surface area contributed by atoms with E-state index in [0.29, 0.717) is 5.92 Å². The molecule has 0 spiro atoms. The molecule has 0 amide bonds. The van der Waals surface area contributed by atoms with Crippen LogP contribution in [-0.2, 0) is 0 Å². The smallest absolute Gasteiger partial charge is 0.124 e. The molecule has 1 aromatic carbocycles. The van der Waals surface area contributed by atoms with Gasteiger partial charge in [-0.25, -0.2) is 0 Å².